The lowest BCUT2D eigenvalue weighted by Crippen LogP contribution is -2.14. The van der Waals surface area contributed by atoms with E-state index in [0.717, 1.165) is 5.56 Å². The predicted octanol–water partition coefficient (Wildman–Crippen LogP) is 2.18. The Hall–Kier alpha value is -1.45. The second-order valence-electron chi connectivity index (χ2n) is 3.13. The summed E-state index contributed by atoms with van der Waals surface area (Å²) in [4.78, 5) is 8.18. The number of nitrogens with zero attached hydrogens (tertiary/aromatic N) is 2. The van der Waals surface area contributed by atoms with Crippen molar-refractivity contribution in [2.75, 3.05) is 0 Å². The number of hydrogen-bond acceptors (Lipinski definition) is 3. The van der Waals surface area contributed by atoms with Gasteiger partial charge in [0.15, 0.2) is 0 Å². The minimum atomic E-state index is -0.326. The van der Waals surface area contributed by atoms with E-state index in [1.54, 1.807) is 30.7 Å². The summed E-state index contributed by atoms with van der Waals surface area (Å²) in [7, 11) is 0. The van der Waals surface area contributed by atoms with Gasteiger partial charge < -0.3 is 5.73 Å². The fourth-order valence-corrected chi connectivity index (χ4v) is 1.58. The minimum absolute atomic E-state index is 0.326. The normalized spacial score (nSPS) is 12.4. The first kappa shape index (κ1) is 10.1. The van der Waals surface area contributed by atoms with E-state index in [2.05, 4.69) is 9.97 Å². The third-order valence-corrected chi connectivity index (χ3v) is 2.44. The molecular formula is C11H10ClN3. The summed E-state index contributed by atoms with van der Waals surface area (Å²) in [6.07, 6.45) is 5.10. The molecule has 1 unspecified atom stereocenters. The van der Waals surface area contributed by atoms with Gasteiger partial charge in [0, 0.05) is 18.6 Å². The SMILES string of the molecule is NC(c1cccnc1)c1ncccc1Cl. The molecule has 4 heteroatoms. The van der Waals surface area contributed by atoms with E-state index in [-0.39, 0.29) is 6.04 Å². The molecule has 1 atom stereocenters. The molecule has 0 saturated carbocycles. The van der Waals surface area contributed by atoms with Crippen LogP contribution in [0.5, 0.6) is 0 Å². The Morgan fingerprint density at radius 1 is 1.20 bits per heavy atom. The molecule has 2 N–H and O–H groups in total. The summed E-state index contributed by atoms with van der Waals surface area (Å²) in [6, 6.07) is 6.98. The van der Waals surface area contributed by atoms with Crippen LogP contribution in [0, 0.1) is 0 Å². The van der Waals surface area contributed by atoms with Crippen LogP contribution >= 0.6 is 11.6 Å². The third-order valence-electron chi connectivity index (χ3n) is 2.13. The van der Waals surface area contributed by atoms with Crippen LogP contribution < -0.4 is 5.73 Å². The molecule has 0 saturated heterocycles. The molecule has 3 nitrogen and oxygen atoms in total. The van der Waals surface area contributed by atoms with Crippen molar-refractivity contribution in [1.29, 1.82) is 0 Å². The molecule has 0 amide bonds. The molecule has 0 aliphatic heterocycles. The molecule has 2 aromatic rings. The van der Waals surface area contributed by atoms with Crippen LogP contribution in [-0.4, -0.2) is 9.97 Å². The molecule has 0 aliphatic carbocycles. The molecule has 2 aromatic heterocycles. The van der Waals surface area contributed by atoms with Crippen LogP contribution in [0.3, 0.4) is 0 Å². The average molecular weight is 220 g/mol. The first-order valence-electron chi connectivity index (χ1n) is 4.55. The minimum Gasteiger partial charge on any atom is -0.319 e. The lowest BCUT2D eigenvalue weighted by molar-refractivity contribution is 0.823. The van der Waals surface area contributed by atoms with Gasteiger partial charge in [-0.15, -0.1) is 0 Å². The molecule has 0 radical (unpaired) electrons. The van der Waals surface area contributed by atoms with E-state index in [1.807, 2.05) is 12.1 Å². The third kappa shape index (κ3) is 2.14. The number of aromatic nitrogens is 2. The Balaban J connectivity index is 2.37. The van der Waals surface area contributed by atoms with Gasteiger partial charge in [0.25, 0.3) is 0 Å². The Bertz CT molecular complexity index is 445. The lowest BCUT2D eigenvalue weighted by Gasteiger charge is -2.11. The fraction of sp³-hybridized carbons (Fsp3) is 0.0909. The van der Waals surface area contributed by atoms with Crippen molar-refractivity contribution in [3.8, 4) is 0 Å². The summed E-state index contributed by atoms with van der Waals surface area (Å²) in [6.45, 7) is 0. The maximum atomic E-state index is 6.03. The summed E-state index contributed by atoms with van der Waals surface area (Å²) >= 11 is 6.01. The van der Waals surface area contributed by atoms with Gasteiger partial charge in [-0.05, 0) is 23.8 Å². The molecule has 76 valence electrons. The summed E-state index contributed by atoms with van der Waals surface area (Å²) in [5, 5.41) is 0.578. The highest BCUT2D eigenvalue weighted by atomic mass is 35.5. The lowest BCUT2D eigenvalue weighted by atomic mass is 10.1. The first-order valence-corrected chi connectivity index (χ1v) is 4.93. The van der Waals surface area contributed by atoms with Crippen LogP contribution in [0.1, 0.15) is 17.3 Å². The van der Waals surface area contributed by atoms with Crippen molar-refractivity contribution < 1.29 is 0 Å². The molecule has 0 fully saturated rings. The van der Waals surface area contributed by atoms with Crippen LogP contribution in [-0.2, 0) is 0 Å². The monoisotopic (exact) mass is 219 g/mol. The van der Waals surface area contributed by atoms with Gasteiger partial charge in [0.05, 0.1) is 16.8 Å². The van der Waals surface area contributed by atoms with Crippen molar-refractivity contribution in [2.45, 2.75) is 6.04 Å². The maximum absolute atomic E-state index is 6.03. The van der Waals surface area contributed by atoms with E-state index in [4.69, 9.17) is 17.3 Å². The molecule has 2 rings (SSSR count). The van der Waals surface area contributed by atoms with E-state index < -0.39 is 0 Å². The van der Waals surface area contributed by atoms with Gasteiger partial charge in [-0.2, -0.15) is 0 Å². The van der Waals surface area contributed by atoms with E-state index in [1.165, 1.54) is 0 Å². The Labute approximate surface area is 92.9 Å². The Kier molecular flexibility index (Phi) is 2.94. The highest BCUT2D eigenvalue weighted by Gasteiger charge is 2.13. The van der Waals surface area contributed by atoms with E-state index >= 15 is 0 Å². The highest BCUT2D eigenvalue weighted by Crippen LogP contribution is 2.23. The number of rotatable bonds is 2. The van der Waals surface area contributed by atoms with Crippen LogP contribution in [0.25, 0.3) is 0 Å². The Morgan fingerprint density at radius 2 is 2.00 bits per heavy atom. The predicted molar refractivity (Wildman–Crippen MR) is 59.5 cm³/mol. The van der Waals surface area contributed by atoms with Gasteiger partial charge in [-0.25, -0.2) is 0 Å². The Morgan fingerprint density at radius 3 is 2.67 bits per heavy atom. The standard InChI is InChI=1S/C11H10ClN3/c12-9-4-2-6-15-11(9)10(13)8-3-1-5-14-7-8/h1-7,10H,13H2. The van der Waals surface area contributed by atoms with Gasteiger partial charge in [-0.3, -0.25) is 9.97 Å². The van der Waals surface area contributed by atoms with Gasteiger partial charge in [0.1, 0.15) is 0 Å². The smallest absolute Gasteiger partial charge is 0.0802 e. The summed E-state index contributed by atoms with van der Waals surface area (Å²) in [5.74, 6) is 0. The van der Waals surface area contributed by atoms with E-state index in [9.17, 15) is 0 Å². The van der Waals surface area contributed by atoms with Gasteiger partial charge in [-0.1, -0.05) is 17.7 Å². The van der Waals surface area contributed by atoms with Gasteiger partial charge >= 0.3 is 0 Å². The molecule has 0 spiro atoms. The summed E-state index contributed by atoms with van der Waals surface area (Å²) in [5.41, 5.74) is 7.60. The van der Waals surface area contributed by atoms with Crippen molar-refractivity contribution in [3.63, 3.8) is 0 Å². The number of nitrogens with two attached hydrogens (primary N) is 1. The van der Waals surface area contributed by atoms with E-state index in [0.29, 0.717) is 10.7 Å². The molecule has 2 heterocycles. The second-order valence-corrected chi connectivity index (χ2v) is 3.54. The topological polar surface area (TPSA) is 51.8 Å². The van der Waals surface area contributed by atoms with Crippen molar-refractivity contribution >= 4 is 11.6 Å². The highest BCUT2D eigenvalue weighted by molar-refractivity contribution is 6.31. The average Bonchev–Trinajstić information content (AvgIpc) is 2.30. The largest absolute Gasteiger partial charge is 0.319 e. The molecule has 0 aliphatic rings. The second kappa shape index (κ2) is 4.38. The van der Waals surface area contributed by atoms with Crippen molar-refractivity contribution in [1.82, 2.24) is 9.97 Å². The maximum Gasteiger partial charge on any atom is 0.0802 e. The van der Waals surface area contributed by atoms with Crippen LogP contribution in [0.4, 0.5) is 0 Å². The number of halogens is 1. The van der Waals surface area contributed by atoms with Crippen LogP contribution in [0.2, 0.25) is 5.02 Å². The fourth-order valence-electron chi connectivity index (χ4n) is 1.34. The van der Waals surface area contributed by atoms with Crippen molar-refractivity contribution in [3.05, 3.63) is 59.1 Å². The zero-order valence-electron chi connectivity index (χ0n) is 7.97. The van der Waals surface area contributed by atoms with Crippen molar-refractivity contribution in [2.24, 2.45) is 5.73 Å². The zero-order valence-corrected chi connectivity index (χ0v) is 8.72. The zero-order chi connectivity index (χ0) is 10.7. The molecular weight excluding hydrogens is 210 g/mol. The molecule has 15 heavy (non-hydrogen) atoms. The summed E-state index contributed by atoms with van der Waals surface area (Å²) < 4.78 is 0. The molecule has 0 aromatic carbocycles. The van der Waals surface area contributed by atoms with Crippen LogP contribution in [0.15, 0.2) is 42.9 Å². The molecule has 0 bridgehead atoms. The quantitative estimate of drug-likeness (QED) is 0.842. The number of pyridine rings is 2. The first-order chi connectivity index (χ1) is 7.29. The number of hydrogen-bond donors (Lipinski definition) is 1. The van der Waals surface area contributed by atoms with Gasteiger partial charge in [0.2, 0.25) is 0 Å².